The van der Waals surface area contributed by atoms with Crippen molar-refractivity contribution in [2.45, 2.75) is 25.8 Å². The molecule has 0 fully saturated rings. The highest BCUT2D eigenvalue weighted by Crippen LogP contribution is 2.28. The normalized spacial score (nSPS) is 20.1. The molecule has 0 spiro atoms. The monoisotopic (exact) mass is 341 g/mol. The van der Waals surface area contributed by atoms with Gasteiger partial charge in [0.15, 0.2) is 5.69 Å². The minimum atomic E-state index is -0.365. The number of ether oxygens (including phenoxy) is 2. The first-order chi connectivity index (χ1) is 12.2. The zero-order valence-electron chi connectivity index (χ0n) is 14.5. The average Bonchev–Trinajstić information content (AvgIpc) is 2.94. The van der Waals surface area contributed by atoms with Crippen molar-refractivity contribution in [2.75, 3.05) is 26.8 Å². The third kappa shape index (κ3) is 3.26. The molecule has 1 atom stereocenters. The molecule has 0 amide bonds. The van der Waals surface area contributed by atoms with Crippen LogP contribution in [0.5, 0.6) is 5.75 Å². The molecule has 0 bridgehead atoms. The Hall–Kier alpha value is -2.34. The number of methoxy groups -OCH3 is 1. The Balaban J connectivity index is 1.46. The second kappa shape index (κ2) is 6.88. The summed E-state index contributed by atoms with van der Waals surface area (Å²) in [5, 5.41) is 7.14. The third-order valence-corrected chi connectivity index (χ3v) is 5.17. The highest BCUT2D eigenvalue weighted by molar-refractivity contribution is 5.89. The number of hydrogen-bond acceptors (Lipinski definition) is 5. The quantitative estimate of drug-likeness (QED) is 0.867. The molecule has 2 aromatic rings. The van der Waals surface area contributed by atoms with Crippen molar-refractivity contribution in [2.24, 2.45) is 5.92 Å². The molecule has 25 heavy (non-hydrogen) atoms. The lowest BCUT2D eigenvalue weighted by molar-refractivity contribution is 0.0591. The maximum absolute atomic E-state index is 11.9. The van der Waals surface area contributed by atoms with Gasteiger partial charge in [-0.1, -0.05) is 18.2 Å². The molecule has 2 aliphatic rings. The number of hydrogen-bond donors (Lipinski definition) is 1. The van der Waals surface area contributed by atoms with Crippen LogP contribution in [0, 0.1) is 5.92 Å². The number of aromatic amines is 1. The topological polar surface area (TPSA) is 67.5 Å². The number of H-pyrrole nitrogens is 1. The average molecular weight is 341 g/mol. The van der Waals surface area contributed by atoms with Crippen LogP contribution in [-0.4, -0.2) is 47.9 Å². The zero-order chi connectivity index (χ0) is 17.2. The van der Waals surface area contributed by atoms with E-state index in [1.54, 1.807) is 0 Å². The lowest BCUT2D eigenvalue weighted by atomic mass is 9.95. The molecule has 0 saturated carbocycles. The van der Waals surface area contributed by atoms with Gasteiger partial charge in [0.2, 0.25) is 0 Å². The zero-order valence-corrected chi connectivity index (χ0v) is 14.5. The Kier molecular flexibility index (Phi) is 4.44. The maximum Gasteiger partial charge on any atom is 0.358 e. The number of nitrogens with zero attached hydrogens (tertiary/aromatic N) is 2. The molecule has 1 N–H and O–H groups in total. The van der Waals surface area contributed by atoms with E-state index in [1.165, 1.54) is 12.7 Å². The van der Waals surface area contributed by atoms with Crippen LogP contribution >= 0.6 is 0 Å². The van der Waals surface area contributed by atoms with E-state index in [2.05, 4.69) is 33.3 Å². The standard InChI is InChI=1S/C19H23N3O3/c1-24-19(23)18-15-12-22(8-6-16(15)20-21-18)11-13-7-9-25-17-5-3-2-4-14(17)10-13/h2-5,13H,6-12H2,1H3,(H,20,21)/t13-/m1/s1. The summed E-state index contributed by atoms with van der Waals surface area (Å²) < 4.78 is 10.7. The SMILES string of the molecule is COC(=O)c1n[nH]c2c1CN(C[C@@H]1CCOc3ccccc3C1)CC2. The summed E-state index contributed by atoms with van der Waals surface area (Å²) in [6.45, 7) is 3.49. The van der Waals surface area contributed by atoms with E-state index in [4.69, 9.17) is 9.47 Å². The first-order valence-electron chi connectivity index (χ1n) is 8.82. The number of esters is 1. The van der Waals surface area contributed by atoms with Gasteiger partial charge in [-0.15, -0.1) is 0 Å². The number of nitrogens with one attached hydrogen (secondary N) is 1. The summed E-state index contributed by atoms with van der Waals surface area (Å²) >= 11 is 0. The van der Waals surface area contributed by atoms with Crippen LogP contribution in [0.15, 0.2) is 24.3 Å². The van der Waals surface area contributed by atoms with Crippen LogP contribution in [0.2, 0.25) is 0 Å². The minimum absolute atomic E-state index is 0.365. The van der Waals surface area contributed by atoms with Crippen molar-refractivity contribution in [3.8, 4) is 5.75 Å². The predicted molar refractivity (Wildman–Crippen MR) is 92.7 cm³/mol. The Labute approximate surface area is 147 Å². The van der Waals surface area contributed by atoms with E-state index in [1.807, 2.05) is 6.07 Å². The molecular weight excluding hydrogens is 318 g/mol. The molecule has 132 valence electrons. The molecule has 2 aliphatic heterocycles. The van der Waals surface area contributed by atoms with Gasteiger partial charge in [-0.05, 0) is 30.4 Å². The fourth-order valence-corrected chi connectivity index (χ4v) is 3.86. The van der Waals surface area contributed by atoms with E-state index in [0.717, 1.165) is 62.5 Å². The first kappa shape index (κ1) is 16.1. The summed E-state index contributed by atoms with van der Waals surface area (Å²) in [5.41, 5.74) is 3.77. The molecule has 3 heterocycles. The summed E-state index contributed by atoms with van der Waals surface area (Å²) in [5.74, 6) is 1.21. The smallest absolute Gasteiger partial charge is 0.358 e. The van der Waals surface area contributed by atoms with Crippen molar-refractivity contribution >= 4 is 5.97 Å². The molecule has 6 heteroatoms. The highest BCUT2D eigenvalue weighted by Gasteiger charge is 2.28. The number of fused-ring (bicyclic) bond motifs is 2. The first-order valence-corrected chi connectivity index (χ1v) is 8.82. The second-order valence-electron chi connectivity index (χ2n) is 6.82. The number of carbonyl (C=O) groups is 1. The van der Waals surface area contributed by atoms with Gasteiger partial charge in [-0.25, -0.2) is 4.79 Å². The van der Waals surface area contributed by atoms with Crippen molar-refractivity contribution in [1.82, 2.24) is 15.1 Å². The van der Waals surface area contributed by atoms with Crippen molar-refractivity contribution in [3.05, 3.63) is 46.8 Å². The van der Waals surface area contributed by atoms with Gasteiger partial charge in [-0.3, -0.25) is 10.00 Å². The molecule has 6 nitrogen and oxygen atoms in total. The number of carbonyl (C=O) groups excluding carboxylic acids is 1. The summed E-state index contributed by atoms with van der Waals surface area (Å²) in [6, 6.07) is 8.32. The molecule has 0 radical (unpaired) electrons. The van der Waals surface area contributed by atoms with Gasteiger partial charge in [-0.2, -0.15) is 5.10 Å². The van der Waals surface area contributed by atoms with Crippen molar-refractivity contribution in [3.63, 3.8) is 0 Å². The molecule has 0 saturated heterocycles. The maximum atomic E-state index is 11.9. The number of para-hydroxylation sites is 1. The van der Waals surface area contributed by atoms with Gasteiger partial charge in [0.25, 0.3) is 0 Å². The van der Waals surface area contributed by atoms with E-state index in [0.29, 0.717) is 11.6 Å². The fourth-order valence-electron chi connectivity index (χ4n) is 3.86. The van der Waals surface area contributed by atoms with Crippen LogP contribution in [0.4, 0.5) is 0 Å². The molecule has 0 unspecified atom stereocenters. The highest BCUT2D eigenvalue weighted by atomic mass is 16.5. The summed E-state index contributed by atoms with van der Waals surface area (Å²) in [6.07, 6.45) is 2.97. The lowest BCUT2D eigenvalue weighted by Gasteiger charge is -2.30. The van der Waals surface area contributed by atoms with Gasteiger partial charge < -0.3 is 9.47 Å². The number of benzene rings is 1. The van der Waals surface area contributed by atoms with Crippen LogP contribution < -0.4 is 4.74 Å². The third-order valence-electron chi connectivity index (χ3n) is 5.17. The Morgan fingerprint density at radius 1 is 1.44 bits per heavy atom. The Bertz CT molecular complexity index is 771. The van der Waals surface area contributed by atoms with Crippen molar-refractivity contribution in [1.29, 1.82) is 0 Å². The largest absolute Gasteiger partial charge is 0.493 e. The minimum Gasteiger partial charge on any atom is -0.493 e. The fraction of sp³-hybridized carbons (Fsp3) is 0.474. The van der Waals surface area contributed by atoms with E-state index < -0.39 is 0 Å². The molecule has 1 aromatic heterocycles. The Morgan fingerprint density at radius 2 is 2.32 bits per heavy atom. The molecule has 0 aliphatic carbocycles. The lowest BCUT2D eigenvalue weighted by Crippen LogP contribution is -2.35. The van der Waals surface area contributed by atoms with Gasteiger partial charge in [0.05, 0.1) is 13.7 Å². The second-order valence-corrected chi connectivity index (χ2v) is 6.82. The van der Waals surface area contributed by atoms with Gasteiger partial charge >= 0.3 is 5.97 Å². The van der Waals surface area contributed by atoms with Crippen LogP contribution in [0.1, 0.15) is 33.7 Å². The summed E-state index contributed by atoms with van der Waals surface area (Å²) in [7, 11) is 1.40. The van der Waals surface area contributed by atoms with Crippen LogP contribution in [0.25, 0.3) is 0 Å². The van der Waals surface area contributed by atoms with Crippen LogP contribution in [-0.2, 0) is 24.1 Å². The predicted octanol–water partition coefficient (Wildman–Crippen LogP) is 2.20. The molecular formula is C19H23N3O3. The molecule has 1 aromatic carbocycles. The van der Waals surface area contributed by atoms with Crippen LogP contribution in [0.3, 0.4) is 0 Å². The summed E-state index contributed by atoms with van der Waals surface area (Å²) in [4.78, 5) is 14.3. The van der Waals surface area contributed by atoms with E-state index in [9.17, 15) is 4.79 Å². The van der Waals surface area contributed by atoms with E-state index in [-0.39, 0.29) is 5.97 Å². The molecule has 4 rings (SSSR count). The van der Waals surface area contributed by atoms with Gasteiger partial charge in [0, 0.05) is 37.3 Å². The number of aromatic nitrogens is 2. The van der Waals surface area contributed by atoms with E-state index >= 15 is 0 Å². The Morgan fingerprint density at radius 3 is 3.20 bits per heavy atom. The van der Waals surface area contributed by atoms with Crippen molar-refractivity contribution < 1.29 is 14.3 Å². The van der Waals surface area contributed by atoms with Gasteiger partial charge in [0.1, 0.15) is 5.75 Å². The number of rotatable bonds is 3.